The van der Waals surface area contributed by atoms with Crippen LogP contribution in [-0.2, 0) is 16.6 Å². The quantitative estimate of drug-likeness (QED) is 0.885. The highest BCUT2D eigenvalue weighted by Gasteiger charge is 2.23. The molecular weight excluding hydrogens is 316 g/mol. The molecule has 7 heteroatoms. The molecule has 0 unspecified atom stereocenters. The summed E-state index contributed by atoms with van der Waals surface area (Å²) in [5, 5.41) is 4.00. The second kappa shape index (κ2) is 8.64. The first kappa shape index (κ1) is 19.9. The zero-order valence-electron chi connectivity index (χ0n) is 14.4. The number of nitrogens with two attached hydrogens (primary N) is 1. The molecular formula is C16H29ClN4O2. The second-order valence-electron chi connectivity index (χ2n) is 7.18. The lowest BCUT2D eigenvalue weighted by molar-refractivity contribution is -0.132. The first-order chi connectivity index (χ1) is 10.4. The summed E-state index contributed by atoms with van der Waals surface area (Å²) in [5.41, 5.74) is 5.57. The number of amides is 1. The Kier molecular flexibility index (Phi) is 7.48. The summed E-state index contributed by atoms with van der Waals surface area (Å²) in [4.78, 5) is 18.5. The third-order valence-electron chi connectivity index (χ3n) is 4.22. The van der Waals surface area contributed by atoms with E-state index in [0.29, 0.717) is 24.7 Å². The van der Waals surface area contributed by atoms with Gasteiger partial charge in [0.05, 0.1) is 0 Å². The van der Waals surface area contributed by atoms with Crippen molar-refractivity contribution in [2.75, 3.05) is 19.6 Å². The van der Waals surface area contributed by atoms with E-state index in [9.17, 15) is 4.79 Å². The second-order valence-corrected chi connectivity index (χ2v) is 7.18. The Morgan fingerprint density at radius 3 is 2.52 bits per heavy atom. The van der Waals surface area contributed by atoms with Crippen LogP contribution < -0.4 is 5.73 Å². The molecule has 0 saturated carbocycles. The van der Waals surface area contributed by atoms with E-state index in [1.165, 1.54) is 0 Å². The number of aromatic nitrogens is 2. The Bertz CT molecular complexity index is 491. The van der Waals surface area contributed by atoms with E-state index in [1.807, 2.05) is 4.90 Å². The van der Waals surface area contributed by atoms with Crippen molar-refractivity contribution in [1.82, 2.24) is 15.0 Å². The highest BCUT2D eigenvalue weighted by Crippen LogP contribution is 2.20. The maximum absolute atomic E-state index is 12.2. The van der Waals surface area contributed by atoms with Crippen LogP contribution in [0.25, 0.3) is 0 Å². The molecule has 1 aliphatic heterocycles. The molecule has 0 aromatic carbocycles. The Balaban J connectivity index is 0.00000264. The van der Waals surface area contributed by atoms with Crippen LogP contribution in [0.3, 0.4) is 0 Å². The number of carbonyl (C=O) groups excluding carboxylic acids is 1. The van der Waals surface area contributed by atoms with Gasteiger partial charge in [-0.25, -0.2) is 0 Å². The molecule has 2 heterocycles. The fraction of sp³-hybridized carbons (Fsp3) is 0.812. The van der Waals surface area contributed by atoms with Gasteiger partial charge in [0.1, 0.15) is 0 Å². The van der Waals surface area contributed by atoms with Crippen LogP contribution in [-0.4, -0.2) is 40.6 Å². The van der Waals surface area contributed by atoms with Crippen LogP contribution in [0.4, 0.5) is 0 Å². The highest BCUT2D eigenvalue weighted by molar-refractivity contribution is 5.85. The van der Waals surface area contributed by atoms with Crippen molar-refractivity contribution in [3.63, 3.8) is 0 Å². The minimum absolute atomic E-state index is 0. The van der Waals surface area contributed by atoms with Gasteiger partial charge in [0.2, 0.25) is 11.8 Å². The smallest absolute Gasteiger partial charge is 0.226 e. The first-order valence-electron chi connectivity index (χ1n) is 8.21. The maximum atomic E-state index is 12.2. The van der Waals surface area contributed by atoms with Crippen molar-refractivity contribution in [3.05, 3.63) is 11.7 Å². The number of halogens is 1. The van der Waals surface area contributed by atoms with Crippen LogP contribution in [0.1, 0.15) is 58.2 Å². The summed E-state index contributed by atoms with van der Waals surface area (Å²) in [6.07, 6.45) is 4.01. The lowest BCUT2D eigenvalue weighted by atomic mass is 9.96. The Morgan fingerprint density at radius 1 is 1.35 bits per heavy atom. The highest BCUT2D eigenvalue weighted by atomic mass is 35.5. The van der Waals surface area contributed by atoms with Gasteiger partial charge in [-0.05, 0) is 31.7 Å². The normalized spacial score (nSPS) is 16.3. The van der Waals surface area contributed by atoms with Crippen molar-refractivity contribution in [2.24, 2.45) is 11.7 Å². The summed E-state index contributed by atoms with van der Waals surface area (Å²) in [7, 11) is 0. The van der Waals surface area contributed by atoms with Gasteiger partial charge in [-0.1, -0.05) is 25.9 Å². The van der Waals surface area contributed by atoms with Crippen molar-refractivity contribution >= 4 is 18.3 Å². The molecule has 1 aliphatic rings. The molecule has 0 bridgehead atoms. The van der Waals surface area contributed by atoms with E-state index in [0.717, 1.165) is 44.7 Å². The number of likely N-dealkylation sites (tertiary alicyclic amines) is 1. The molecule has 0 radical (unpaired) electrons. The number of hydrogen-bond acceptors (Lipinski definition) is 5. The van der Waals surface area contributed by atoms with E-state index in [4.69, 9.17) is 10.3 Å². The zero-order chi connectivity index (χ0) is 16.2. The lowest BCUT2D eigenvalue weighted by Gasteiger charge is -2.31. The van der Waals surface area contributed by atoms with Crippen LogP contribution in [0.15, 0.2) is 4.52 Å². The van der Waals surface area contributed by atoms with E-state index in [1.54, 1.807) is 0 Å². The Labute approximate surface area is 144 Å². The summed E-state index contributed by atoms with van der Waals surface area (Å²) >= 11 is 0. The predicted octanol–water partition coefficient (Wildman–Crippen LogP) is 2.31. The van der Waals surface area contributed by atoms with Gasteiger partial charge in [-0.15, -0.1) is 12.4 Å². The van der Waals surface area contributed by atoms with E-state index in [2.05, 4.69) is 30.9 Å². The molecule has 0 atom stereocenters. The largest absolute Gasteiger partial charge is 0.343 e. The SMILES string of the molecule is CC(C)(C)c1noc(CCCC(=O)N2CCC(CN)CC2)n1.Cl. The third kappa shape index (κ3) is 5.77. The molecule has 1 aromatic rings. The van der Waals surface area contributed by atoms with Crippen LogP contribution >= 0.6 is 12.4 Å². The molecule has 23 heavy (non-hydrogen) atoms. The molecule has 1 fully saturated rings. The molecule has 1 saturated heterocycles. The Morgan fingerprint density at radius 2 is 2.00 bits per heavy atom. The third-order valence-corrected chi connectivity index (χ3v) is 4.22. The molecule has 132 valence electrons. The fourth-order valence-corrected chi connectivity index (χ4v) is 2.63. The average Bonchev–Trinajstić information content (AvgIpc) is 2.96. The average molecular weight is 345 g/mol. The maximum Gasteiger partial charge on any atom is 0.226 e. The molecule has 1 aromatic heterocycles. The van der Waals surface area contributed by atoms with Gasteiger partial charge < -0.3 is 15.2 Å². The molecule has 2 N–H and O–H groups in total. The fourth-order valence-electron chi connectivity index (χ4n) is 2.63. The predicted molar refractivity (Wildman–Crippen MR) is 91.5 cm³/mol. The van der Waals surface area contributed by atoms with Crippen molar-refractivity contribution < 1.29 is 9.32 Å². The molecule has 1 amide bonds. The molecule has 2 rings (SSSR count). The van der Waals surface area contributed by atoms with Crippen LogP contribution in [0, 0.1) is 5.92 Å². The standard InChI is InChI=1S/C16H28N4O2.ClH/c1-16(2,3)15-18-13(22-19-15)5-4-6-14(21)20-9-7-12(11-17)8-10-20;/h12H,4-11,17H2,1-3H3;1H. The van der Waals surface area contributed by atoms with Gasteiger partial charge in [-0.3, -0.25) is 4.79 Å². The van der Waals surface area contributed by atoms with Crippen molar-refractivity contribution in [3.8, 4) is 0 Å². The number of hydrogen-bond donors (Lipinski definition) is 1. The van der Waals surface area contributed by atoms with E-state index < -0.39 is 0 Å². The summed E-state index contributed by atoms with van der Waals surface area (Å²) in [6.45, 7) is 8.57. The first-order valence-corrected chi connectivity index (χ1v) is 8.21. The molecule has 6 nitrogen and oxygen atoms in total. The van der Waals surface area contributed by atoms with Crippen LogP contribution in [0.5, 0.6) is 0 Å². The van der Waals surface area contributed by atoms with Gasteiger partial charge in [0.15, 0.2) is 5.82 Å². The lowest BCUT2D eigenvalue weighted by Crippen LogP contribution is -2.39. The van der Waals surface area contributed by atoms with Gasteiger partial charge in [-0.2, -0.15) is 4.98 Å². The van der Waals surface area contributed by atoms with Crippen molar-refractivity contribution in [1.29, 1.82) is 0 Å². The minimum Gasteiger partial charge on any atom is -0.343 e. The topological polar surface area (TPSA) is 85.2 Å². The summed E-state index contributed by atoms with van der Waals surface area (Å²) in [5.74, 6) is 2.15. The molecule has 0 spiro atoms. The zero-order valence-corrected chi connectivity index (χ0v) is 15.2. The Hall–Kier alpha value is -1.14. The number of nitrogens with zero attached hydrogens (tertiary/aromatic N) is 3. The number of aryl methyl sites for hydroxylation is 1. The summed E-state index contributed by atoms with van der Waals surface area (Å²) < 4.78 is 5.25. The van der Waals surface area contributed by atoms with Gasteiger partial charge in [0.25, 0.3) is 0 Å². The number of carbonyl (C=O) groups is 1. The van der Waals surface area contributed by atoms with Crippen molar-refractivity contribution in [2.45, 2.75) is 58.3 Å². The minimum atomic E-state index is -0.106. The number of rotatable bonds is 5. The van der Waals surface area contributed by atoms with Crippen LogP contribution in [0.2, 0.25) is 0 Å². The summed E-state index contributed by atoms with van der Waals surface area (Å²) in [6, 6.07) is 0. The van der Waals surface area contributed by atoms with E-state index in [-0.39, 0.29) is 23.7 Å². The number of piperidine rings is 1. The van der Waals surface area contributed by atoms with Gasteiger partial charge >= 0.3 is 0 Å². The molecule has 0 aliphatic carbocycles. The monoisotopic (exact) mass is 344 g/mol. The van der Waals surface area contributed by atoms with Gasteiger partial charge in [0, 0.05) is 31.3 Å². The van der Waals surface area contributed by atoms with E-state index >= 15 is 0 Å².